The summed E-state index contributed by atoms with van der Waals surface area (Å²) < 4.78 is 0. The van der Waals surface area contributed by atoms with Crippen molar-refractivity contribution in [3.8, 4) is 0 Å². The van der Waals surface area contributed by atoms with E-state index in [1.54, 1.807) is 0 Å². The van der Waals surface area contributed by atoms with E-state index in [4.69, 9.17) is 5.73 Å². The van der Waals surface area contributed by atoms with Crippen molar-refractivity contribution < 1.29 is 4.79 Å². The first kappa shape index (κ1) is 12.7. The Labute approximate surface area is 97.0 Å². The van der Waals surface area contributed by atoms with Gasteiger partial charge in [0.05, 0.1) is 0 Å². The van der Waals surface area contributed by atoms with Crippen LogP contribution < -0.4 is 11.1 Å². The Balaban J connectivity index is 3.01. The molecule has 3 N–H and O–H groups in total. The molecule has 0 aliphatic heterocycles. The minimum absolute atomic E-state index is 0.221. The molecule has 0 fully saturated rings. The van der Waals surface area contributed by atoms with Crippen molar-refractivity contribution in [1.82, 2.24) is 5.32 Å². The lowest BCUT2D eigenvalue weighted by Gasteiger charge is -2.19. The maximum absolute atomic E-state index is 11.4. The van der Waals surface area contributed by atoms with Gasteiger partial charge in [-0.2, -0.15) is 0 Å². The maximum atomic E-state index is 11.4. The fourth-order valence-corrected chi connectivity index (χ4v) is 1.62. The van der Waals surface area contributed by atoms with E-state index in [1.807, 2.05) is 45.9 Å². The molecule has 1 atom stereocenters. The standard InChI is InChI=1S/C13H20N2O/c1-8(2)15-12(13(14)16)11-6-5-9(3)10(4)7-11/h5-8,12,15H,1-4H3,(H2,14,16). The van der Waals surface area contributed by atoms with Crippen LogP contribution in [0.1, 0.15) is 36.6 Å². The number of nitrogens with one attached hydrogen (secondary N) is 1. The molecule has 1 rings (SSSR count). The molecule has 0 radical (unpaired) electrons. The Morgan fingerprint density at radius 2 is 1.88 bits per heavy atom. The molecule has 0 heterocycles. The number of aryl methyl sites for hydroxylation is 2. The summed E-state index contributed by atoms with van der Waals surface area (Å²) in [6.45, 7) is 8.08. The molecule has 1 aromatic carbocycles. The van der Waals surface area contributed by atoms with E-state index in [1.165, 1.54) is 11.1 Å². The lowest BCUT2D eigenvalue weighted by atomic mass is 10.00. The highest BCUT2D eigenvalue weighted by Crippen LogP contribution is 2.17. The number of rotatable bonds is 4. The molecule has 0 aliphatic rings. The summed E-state index contributed by atoms with van der Waals surface area (Å²) in [5, 5.41) is 3.17. The molecule has 1 aromatic rings. The number of hydrogen-bond acceptors (Lipinski definition) is 2. The third-order valence-corrected chi connectivity index (χ3v) is 2.65. The van der Waals surface area contributed by atoms with Gasteiger partial charge in [0.15, 0.2) is 0 Å². The summed E-state index contributed by atoms with van der Waals surface area (Å²) in [4.78, 5) is 11.4. The third kappa shape index (κ3) is 3.07. The van der Waals surface area contributed by atoms with Crippen LogP contribution >= 0.6 is 0 Å². The minimum Gasteiger partial charge on any atom is -0.368 e. The Hall–Kier alpha value is -1.35. The Kier molecular flexibility index (Phi) is 4.07. The van der Waals surface area contributed by atoms with E-state index in [0.717, 1.165) is 5.56 Å². The normalized spacial score (nSPS) is 12.8. The van der Waals surface area contributed by atoms with E-state index in [0.29, 0.717) is 0 Å². The summed E-state index contributed by atoms with van der Waals surface area (Å²) in [7, 11) is 0. The summed E-state index contributed by atoms with van der Waals surface area (Å²) in [6, 6.07) is 5.80. The first-order valence-electron chi connectivity index (χ1n) is 5.54. The second-order valence-corrected chi connectivity index (χ2v) is 4.50. The second kappa shape index (κ2) is 5.12. The van der Waals surface area contributed by atoms with Gasteiger partial charge in [-0.1, -0.05) is 18.2 Å². The van der Waals surface area contributed by atoms with Crippen LogP contribution in [-0.2, 0) is 4.79 Å². The molecule has 1 unspecified atom stereocenters. The highest BCUT2D eigenvalue weighted by molar-refractivity contribution is 5.81. The monoisotopic (exact) mass is 220 g/mol. The second-order valence-electron chi connectivity index (χ2n) is 4.50. The van der Waals surface area contributed by atoms with Gasteiger partial charge in [-0.3, -0.25) is 10.1 Å². The Morgan fingerprint density at radius 1 is 1.25 bits per heavy atom. The van der Waals surface area contributed by atoms with Gasteiger partial charge in [-0.25, -0.2) is 0 Å². The summed E-state index contributed by atoms with van der Waals surface area (Å²) >= 11 is 0. The topological polar surface area (TPSA) is 55.1 Å². The average Bonchev–Trinajstić information content (AvgIpc) is 2.18. The van der Waals surface area contributed by atoms with Crippen LogP contribution in [0.25, 0.3) is 0 Å². The van der Waals surface area contributed by atoms with Gasteiger partial charge in [0.1, 0.15) is 6.04 Å². The molecule has 3 heteroatoms. The molecule has 88 valence electrons. The number of benzene rings is 1. The molecular weight excluding hydrogens is 200 g/mol. The zero-order valence-electron chi connectivity index (χ0n) is 10.4. The summed E-state index contributed by atoms with van der Waals surface area (Å²) in [5.74, 6) is -0.336. The predicted octanol–water partition coefficient (Wildman–Crippen LogP) is 1.83. The molecule has 16 heavy (non-hydrogen) atoms. The molecule has 0 aliphatic carbocycles. The van der Waals surface area contributed by atoms with Gasteiger partial charge >= 0.3 is 0 Å². The van der Waals surface area contributed by atoms with Crippen LogP contribution in [0.2, 0.25) is 0 Å². The number of amides is 1. The molecule has 0 bridgehead atoms. The minimum atomic E-state index is -0.403. The number of primary amides is 1. The van der Waals surface area contributed by atoms with Crippen molar-refractivity contribution >= 4 is 5.91 Å². The summed E-state index contributed by atoms with van der Waals surface area (Å²) in [6.07, 6.45) is 0. The number of hydrogen-bond donors (Lipinski definition) is 2. The van der Waals surface area contributed by atoms with Crippen molar-refractivity contribution in [2.24, 2.45) is 5.73 Å². The molecule has 0 spiro atoms. The highest BCUT2D eigenvalue weighted by Gasteiger charge is 2.18. The smallest absolute Gasteiger partial charge is 0.239 e. The molecule has 1 amide bonds. The number of carbonyl (C=O) groups is 1. The highest BCUT2D eigenvalue weighted by atomic mass is 16.1. The van der Waals surface area contributed by atoms with Gasteiger partial charge in [0, 0.05) is 6.04 Å². The van der Waals surface area contributed by atoms with Crippen LogP contribution in [0.4, 0.5) is 0 Å². The van der Waals surface area contributed by atoms with Gasteiger partial charge in [0.2, 0.25) is 5.91 Å². The number of nitrogens with two attached hydrogens (primary N) is 1. The van der Waals surface area contributed by atoms with Gasteiger partial charge in [-0.15, -0.1) is 0 Å². The number of carbonyl (C=O) groups excluding carboxylic acids is 1. The lowest BCUT2D eigenvalue weighted by Crippen LogP contribution is -2.37. The predicted molar refractivity (Wildman–Crippen MR) is 66.1 cm³/mol. The van der Waals surface area contributed by atoms with Crippen LogP contribution in [-0.4, -0.2) is 11.9 Å². The summed E-state index contributed by atoms with van der Waals surface area (Å²) in [5.41, 5.74) is 8.73. The fraction of sp³-hybridized carbons (Fsp3) is 0.462. The Morgan fingerprint density at radius 3 is 2.31 bits per heavy atom. The molecule has 3 nitrogen and oxygen atoms in total. The SMILES string of the molecule is Cc1ccc(C(NC(C)C)C(N)=O)cc1C. The van der Waals surface area contributed by atoms with Crippen LogP contribution in [0.3, 0.4) is 0 Å². The molecular formula is C13H20N2O. The van der Waals surface area contributed by atoms with Gasteiger partial charge < -0.3 is 5.73 Å². The molecule has 0 aromatic heterocycles. The quantitative estimate of drug-likeness (QED) is 0.813. The fourth-order valence-electron chi connectivity index (χ4n) is 1.62. The largest absolute Gasteiger partial charge is 0.368 e. The first-order chi connectivity index (χ1) is 7.41. The van der Waals surface area contributed by atoms with Crippen molar-refractivity contribution in [2.75, 3.05) is 0 Å². The van der Waals surface area contributed by atoms with Gasteiger partial charge in [-0.05, 0) is 44.4 Å². The average molecular weight is 220 g/mol. The van der Waals surface area contributed by atoms with E-state index in [2.05, 4.69) is 5.32 Å². The molecule has 0 saturated carbocycles. The van der Waals surface area contributed by atoms with Crippen molar-refractivity contribution in [3.63, 3.8) is 0 Å². The zero-order chi connectivity index (χ0) is 12.3. The van der Waals surface area contributed by atoms with E-state index in [-0.39, 0.29) is 11.9 Å². The molecule has 0 saturated heterocycles. The van der Waals surface area contributed by atoms with Crippen LogP contribution in [0.15, 0.2) is 18.2 Å². The van der Waals surface area contributed by atoms with Crippen LogP contribution in [0, 0.1) is 13.8 Å². The maximum Gasteiger partial charge on any atom is 0.239 e. The van der Waals surface area contributed by atoms with E-state index in [9.17, 15) is 4.79 Å². The first-order valence-corrected chi connectivity index (χ1v) is 5.54. The van der Waals surface area contributed by atoms with Gasteiger partial charge in [0.25, 0.3) is 0 Å². The van der Waals surface area contributed by atoms with Crippen molar-refractivity contribution in [3.05, 3.63) is 34.9 Å². The van der Waals surface area contributed by atoms with Crippen molar-refractivity contribution in [2.45, 2.75) is 39.8 Å². The van der Waals surface area contributed by atoms with E-state index >= 15 is 0 Å². The van der Waals surface area contributed by atoms with E-state index < -0.39 is 6.04 Å². The van der Waals surface area contributed by atoms with Crippen molar-refractivity contribution in [1.29, 1.82) is 0 Å². The Bertz CT molecular complexity index is 386. The third-order valence-electron chi connectivity index (χ3n) is 2.65. The zero-order valence-corrected chi connectivity index (χ0v) is 10.4. The lowest BCUT2D eigenvalue weighted by molar-refractivity contribution is -0.120. The van der Waals surface area contributed by atoms with Crippen LogP contribution in [0.5, 0.6) is 0 Å².